The van der Waals surface area contributed by atoms with Crippen LogP contribution in [0.1, 0.15) is 25.3 Å². The number of benzene rings is 1. The summed E-state index contributed by atoms with van der Waals surface area (Å²) in [4.78, 5) is 6.18. The van der Waals surface area contributed by atoms with Crippen molar-refractivity contribution < 1.29 is 18.3 Å². The molecule has 0 unspecified atom stereocenters. The summed E-state index contributed by atoms with van der Waals surface area (Å²) in [6.07, 6.45) is 2.19. The maximum absolute atomic E-state index is 12.1. The van der Waals surface area contributed by atoms with Gasteiger partial charge < -0.3 is 19.7 Å². The third-order valence-corrected chi connectivity index (χ3v) is 3.31. The van der Waals surface area contributed by atoms with Gasteiger partial charge in [0, 0.05) is 33.8 Å². The lowest BCUT2D eigenvalue weighted by Crippen LogP contribution is -2.39. The van der Waals surface area contributed by atoms with Crippen molar-refractivity contribution >= 4 is 29.9 Å². The van der Waals surface area contributed by atoms with E-state index in [2.05, 4.69) is 22.0 Å². The molecule has 0 saturated carbocycles. The number of hydrogen-bond acceptors (Lipinski definition) is 3. The van der Waals surface area contributed by atoms with E-state index < -0.39 is 6.61 Å². The fraction of sp³-hybridized carbons (Fsp3) is 0.588. The molecule has 1 aromatic rings. The highest BCUT2D eigenvalue weighted by atomic mass is 127. The first-order chi connectivity index (χ1) is 11.6. The third kappa shape index (κ3) is 10.4. The minimum absolute atomic E-state index is 0. The van der Waals surface area contributed by atoms with Crippen LogP contribution in [0.3, 0.4) is 0 Å². The van der Waals surface area contributed by atoms with E-state index in [-0.39, 0.29) is 29.7 Å². The summed E-state index contributed by atoms with van der Waals surface area (Å²) in [5, 5.41) is 3.23. The molecule has 1 rings (SSSR count). The summed E-state index contributed by atoms with van der Waals surface area (Å²) in [7, 11) is 3.63. The number of hydrogen-bond donors (Lipinski definition) is 1. The Morgan fingerprint density at radius 3 is 2.48 bits per heavy atom. The van der Waals surface area contributed by atoms with Gasteiger partial charge in [-0.1, -0.05) is 25.5 Å². The predicted molar refractivity (Wildman–Crippen MR) is 107 cm³/mol. The summed E-state index contributed by atoms with van der Waals surface area (Å²) >= 11 is 0. The van der Waals surface area contributed by atoms with Crippen LogP contribution >= 0.6 is 24.0 Å². The summed E-state index contributed by atoms with van der Waals surface area (Å²) in [5.41, 5.74) is 0.973. The van der Waals surface area contributed by atoms with Crippen molar-refractivity contribution in [3.8, 4) is 5.75 Å². The van der Waals surface area contributed by atoms with Gasteiger partial charge in [-0.2, -0.15) is 8.78 Å². The quantitative estimate of drug-likeness (QED) is 0.245. The second-order valence-electron chi connectivity index (χ2n) is 5.32. The van der Waals surface area contributed by atoms with E-state index in [9.17, 15) is 8.78 Å². The molecule has 0 spiro atoms. The first-order valence-corrected chi connectivity index (χ1v) is 8.10. The number of nitrogens with one attached hydrogen (secondary N) is 1. The van der Waals surface area contributed by atoms with Crippen LogP contribution in [0.2, 0.25) is 0 Å². The van der Waals surface area contributed by atoms with E-state index in [0.29, 0.717) is 19.7 Å². The van der Waals surface area contributed by atoms with Gasteiger partial charge in [0.1, 0.15) is 5.75 Å². The van der Waals surface area contributed by atoms with Crippen LogP contribution < -0.4 is 10.1 Å². The van der Waals surface area contributed by atoms with Crippen LogP contribution in [0.25, 0.3) is 0 Å². The molecule has 0 fully saturated rings. The number of ether oxygens (including phenoxy) is 2. The third-order valence-electron chi connectivity index (χ3n) is 3.31. The van der Waals surface area contributed by atoms with Gasteiger partial charge in [-0.05, 0) is 24.1 Å². The molecule has 0 radical (unpaired) electrons. The highest BCUT2D eigenvalue weighted by Crippen LogP contribution is 2.15. The Balaban J connectivity index is 0.00000576. The SMILES string of the molecule is CCCCOCCNC(=NC)N(C)Cc1ccc(OC(F)F)cc1.I. The van der Waals surface area contributed by atoms with E-state index in [1.807, 2.05) is 11.9 Å². The molecule has 0 aliphatic carbocycles. The second kappa shape index (κ2) is 14.1. The molecule has 0 atom stereocenters. The fourth-order valence-electron chi connectivity index (χ4n) is 2.09. The highest BCUT2D eigenvalue weighted by Gasteiger charge is 2.08. The van der Waals surface area contributed by atoms with Crippen molar-refractivity contribution in [3.05, 3.63) is 29.8 Å². The summed E-state index contributed by atoms with van der Waals surface area (Å²) < 4.78 is 34.1. The summed E-state index contributed by atoms with van der Waals surface area (Å²) in [6.45, 7) is 2.02. The maximum atomic E-state index is 12.1. The molecule has 25 heavy (non-hydrogen) atoms. The Kier molecular flexibility index (Phi) is 13.4. The van der Waals surface area contributed by atoms with Gasteiger partial charge >= 0.3 is 6.61 Å². The molecular formula is C17H28F2IN3O2. The molecule has 1 N–H and O–H groups in total. The van der Waals surface area contributed by atoms with Gasteiger partial charge in [-0.25, -0.2) is 0 Å². The number of nitrogens with zero attached hydrogens (tertiary/aromatic N) is 2. The zero-order valence-electron chi connectivity index (χ0n) is 15.0. The standard InChI is InChI=1S/C17H27F2N3O2.HI/c1-4-5-11-23-12-10-21-17(20-2)22(3)13-14-6-8-15(9-7-14)24-16(18)19;/h6-9,16H,4-5,10-13H2,1-3H3,(H,20,21);1H. The van der Waals surface area contributed by atoms with E-state index in [1.54, 1.807) is 19.2 Å². The molecule has 8 heteroatoms. The van der Waals surface area contributed by atoms with E-state index >= 15 is 0 Å². The summed E-state index contributed by atoms with van der Waals surface area (Å²) in [5.74, 6) is 0.908. The first-order valence-electron chi connectivity index (χ1n) is 8.10. The maximum Gasteiger partial charge on any atom is 0.387 e. The zero-order chi connectivity index (χ0) is 17.8. The van der Waals surface area contributed by atoms with Crippen LogP contribution in [0.15, 0.2) is 29.3 Å². The van der Waals surface area contributed by atoms with Crippen molar-refractivity contribution in [2.45, 2.75) is 32.9 Å². The van der Waals surface area contributed by atoms with Crippen LogP contribution in [-0.2, 0) is 11.3 Å². The lowest BCUT2D eigenvalue weighted by molar-refractivity contribution is -0.0498. The zero-order valence-corrected chi connectivity index (χ0v) is 17.3. The van der Waals surface area contributed by atoms with Crippen LogP contribution in [0.4, 0.5) is 8.78 Å². The Morgan fingerprint density at radius 2 is 1.92 bits per heavy atom. The van der Waals surface area contributed by atoms with Crippen molar-refractivity contribution in [3.63, 3.8) is 0 Å². The second-order valence-corrected chi connectivity index (χ2v) is 5.32. The lowest BCUT2D eigenvalue weighted by Gasteiger charge is -2.22. The van der Waals surface area contributed by atoms with Crippen LogP contribution in [0, 0.1) is 0 Å². The van der Waals surface area contributed by atoms with Gasteiger partial charge in [0.25, 0.3) is 0 Å². The van der Waals surface area contributed by atoms with Gasteiger partial charge in [0.2, 0.25) is 0 Å². The number of guanidine groups is 1. The number of halogens is 3. The van der Waals surface area contributed by atoms with Crippen LogP contribution in [0.5, 0.6) is 5.75 Å². The van der Waals surface area contributed by atoms with Crippen molar-refractivity contribution in [2.75, 3.05) is 33.9 Å². The normalized spacial score (nSPS) is 11.2. The molecular weight excluding hydrogens is 443 g/mol. The minimum atomic E-state index is -2.80. The Hall–Kier alpha value is -1.16. The van der Waals surface area contributed by atoms with E-state index in [4.69, 9.17) is 4.74 Å². The number of rotatable bonds is 10. The minimum Gasteiger partial charge on any atom is -0.435 e. The molecule has 0 aromatic heterocycles. The molecule has 0 heterocycles. The van der Waals surface area contributed by atoms with Gasteiger partial charge in [-0.3, -0.25) is 4.99 Å². The first kappa shape index (κ1) is 23.8. The largest absolute Gasteiger partial charge is 0.435 e. The topological polar surface area (TPSA) is 46.1 Å². The molecule has 0 aliphatic heterocycles. The predicted octanol–water partition coefficient (Wildman–Crippen LogP) is 3.73. The lowest BCUT2D eigenvalue weighted by atomic mass is 10.2. The van der Waals surface area contributed by atoms with E-state index in [1.165, 1.54) is 12.1 Å². The number of unbranched alkanes of at least 4 members (excludes halogenated alkanes) is 1. The highest BCUT2D eigenvalue weighted by molar-refractivity contribution is 14.0. The molecule has 1 aromatic carbocycles. The fourth-order valence-corrected chi connectivity index (χ4v) is 2.09. The Bertz CT molecular complexity index is 487. The van der Waals surface area contributed by atoms with Gasteiger partial charge in [0.15, 0.2) is 5.96 Å². The Morgan fingerprint density at radius 1 is 1.24 bits per heavy atom. The van der Waals surface area contributed by atoms with Gasteiger partial charge in [0.05, 0.1) is 6.61 Å². The van der Waals surface area contributed by atoms with Crippen molar-refractivity contribution in [2.24, 2.45) is 4.99 Å². The van der Waals surface area contributed by atoms with E-state index in [0.717, 1.165) is 31.0 Å². The number of aliphatic imine (C=N–C) groups is 1. The Labute approximate surface area is 165 Å². The molecule has 0 bridgehead atoms. The monoisotopic (exact) mass is 471 g/mol. The molecule has 144 valence electrons. The number of alkyl halides is 2. The summed E-state index contributed by atoms with van der Waals surface area (Å²) in [6, 6.07) is 6.59. The van der Waals surface area contributed by atoms with Crippen molar-refractivity contribution in [1.82, 2.24) is 10.2 Å². The average molecular weight is 471 g/mol. The smallest absolute Gasteiger partial charge is 0.387 e. The molecule has 0 aliphatic rings. The average Bonchev–Trinajstić information content (AvgIpc) is 2.55. The molecule has 0 saturated heterocycles. The molecule has 0 amide bonds. The van der Waals surface area contributed by atoms with Gasteiger partial charge in [-0.15, -0.1) is 24.0 Å². The molecule has 5 nitrogen and oxygen atoms in total. The van der Waals surface area contributed by atoms with Crippen molar-refractivity contribution in [1.29, 1.82) is 0 Å². The van der Waals surface area contributed by atoms with Crippen LogP contribution in [-0.4, -0.2) is 51.3 Å².